The minimum Gasteiger partial charge on any atom is -0.451 e. The van der Waals surface area contributed by atoms with Crippen LogP contribution in [0.3, 0.4) is 0 Å². The summed E-state index contributed by atoms with van der Waals surface area (Å²) in [6.45, 7) is 18.7. The van der Waals surface area contributed by atoms with Gasteiger partial charge >= 0.3 is 0 Å². The molecular formula is C35H44N10O3Si. The van der Waals surface area contributed by atoms with Gasteiger partial charge in [-0.3, -0.25) is 0 Å². The Bertz CT molecular complexity index is 1890. The number of nitrogens with two attached hydrogens (primary N) is 3. The van der Waals surface area contributed by atoms with Gasteiger partial charge in [-0.05, 0) is 24.8 Å². The lowest BCUT2D eigenvalue weighted by Crippen LogP contribution is -2.19. The van der Waals surface area contributed by atoms with Crippen LogP contribution in [0.1, 0.15) is 62.5 Å². The van der Waals surface area contributed by atoms with E-state index in [0.29, 0.717) is 58.9 Å². The molecule has 4 aromatic rings. The van der Waals surface area contributed by atoms with Gasteiger partial charge < -0.3 is 37.1 Å². The van der Waals surface area contributed by atoms with E-state index < -0.39 is 14.2 Å². The SMILES string of the molecule is C#Cc1cc(Oc2cnc(NCC(O)CC)nc2N)c(C(=C)C)cn1.CC(C)c1cnc(C#C[Si](C)(C)C)cc1Oc1cnc(N)nc1N. The maximum absolute atomic E-state index is 9.57. The molecule has 0 saturated heterocycles. The summed E-state index contributed by atoms with van der Waals surface area (Å²) in [5, 5.41) is 12.5. The number of nitrogens with zero attached hydrogens (tertiary/aromatic N) is 6. The third-order valence-electron chi connectivity index (χ3n) is 6.55. The summed E-state index contributed by atoms with van der Waals surface area (Å²) in [4.78, 5) is 24.7. The van der Waals surface area contributed by atoms with Crippen LogP contribution in [-0.2, 0) is 0 Å². The van der Waals surface area contributed by atoms with Crippen molar-refractivity contribution in [3.05, 3.63) is 66.0 Å². The second kappa shape index (κ2) is 16.9. The van der Waals surface area contributed by atoms with E-state index in [-0.39, 0.29) is 23.5 Å². The summed E-state index contributed by atoms with van der Waals surface area (Å²) in [7, 11) is -1.48. The maximum Gasteiger partial charge on any atom is 0.224 e. The van der Waals surface area contributed by atoms with Crippen molar-refractivity contribution in [2.75, 3.05) is 29.1 Å². The molecule has 1 unspecified atom stereocenters. The predicted molar refractivity (Wildman–Crippen MR) is 198 cm³/mol. The highest BCUT2D eigenvalue weighted by Crippen LogP contribution is 2.33. The first-order valence-corrected chi connectivity index (χ1v) is 19.0. The molecule has 49 heavy (non-hydrogen) atoms. The van der Waals surface area contributed by atoms with Gasteiger partial charge in [-0.25, -0.2) is 19.9 Å². The van der Waals surface area contributed by atoms with E-state index in [0.717, 1.165) is 11.1 Å². The normalized spacial score (nSPS) is 11.3. The van der Waals surface area contributed by atoms with E-state index in [1.807, 2.05) is 19.9 Å². The quantitative estimate of drug-likeness (QED) is 0.102. The van der Waals surface area contributed by atoms with E-state index in [2.05, 4.69) is 92.7 Å². The molecule has 4 heterocycles. The average Bonchev–Trinajstić information content (AvgIpc) is 3.04. The van der Waals surface area contributed by atoms with Crippen LogP contribution in [0.15, 0.2) is 43.5 Å². The zero-order valence-corrected chi connectivity index (χ0v) is 30.0. The number of nitrogens with one attached hydrogen (secondary N) is 1. The molecule has 0 fully saturated rings. The van der Waals surface area contributed by atoms with Crippen LogP contribution in [0.5, 0.6) is 23.0 Å². The molecular weight excluding hydrogens is 637 g/mol. The summed E-state index contributed by atoms with van der Waals surface area (Å²) in [5.74, 6) is 8.41. The third-order valence-corrected chi connectivity index (χ3v) is 7.42. The van der Waals surface area contributed by atoms with Crippen molar-refractivity contribution < 1.29 is 14.6 Å². The highest BCUT2D eigenvalue weighted by atomic mass is 28.3. The molecule has 1 atom stereocenters. The van der Waals surface area contributed by atoms with E-state index in [1.165, 1.54) is 12.4 Å². The summed E-state index contributed by atoms with van der Waals surface area (Å²) >= 11 is 0. The number of hydrogen-bond acceptors (Lipinski definition) is 13. The molecule has 0 radical (unpaired) electrons. The Hall–Kier alpha value is -5.70. The van der Waals surface area contributed by atoms with Crippen LogP contribution in [0, 0.1) is 23.8 Å². The molecule has 4 rings (SSSR count). The molecule has 4 aromatic heterocycles. The molecule has 0 aliphatic heterocycles. The molecule has 0 amide bonds. The smallest absolute Gasteiger partial charge is 0.224 e. The van der Waals surface area contributed by atoms with Crippen molar-refractivity contribution in [2.45, 2.75) is 65.8 Å². The number of rotatable bonds is 10. The Morgan fingerprint density at radius 1 is 0.918 bits per heavy atom. The van der Waals surface area contributed by atoms with Crippen LogP contribution >= 0.6 is 0 Å². The van der Waals surface area contributed by atoms with Gasteiger partial charge in [0.25, 0.3) is 0 Å². The number of terminal acetylenes is 1. The van der Waals surface area contributed by atoms with Crippen LogP contribution in [-0.4, -0.2) is 55.7 Å². The van der Waals surface area contributed by atoms with Gasteiger partial charge in [0.2, 0.25) is 11.9 Å². The van der Waals surface area contributed by atoms with Gasteiger partial charge in [0.15, 0.2) is 23.1 Å². The molecule has 0 aromatic carbocycles. The fourth-order valence-corrected chi connectivity index (χ4v) is 4.33. The number of anilines is 4. The van der Waals surface area contributed by atoms with Gasteiger partial charge in [-0.1, -0.05) is 58.8 Å². The van der Waals surface area contributed by atoms with Gasteiger partial charge in [0.05, 0.1) is 18.5 Å². The number of hydrogen-bond donors (Lipinski definition) is 5. The fraction of sp³-hybridized carbons (Fsp3) is 0.314. The van der Waals surface area contributed by atoms with Gasteiger partial charge in [-0.2, -0.15) is 9.97 Å². The van der Waals surface area contributed by atoms with Crippen LogP contribution in [0.2, 0.25) is 19.6 Å². The summed E-state index contributed by atoms with van der Waals surface area (Å²) < 4.78 is 11.7. The number of allylic oxidation sites excluding steroid dienone is 1. The topological polar surface area (TPSA) is 206 Å². The second-order valence-electron chi connectivity index (χ2n) is 12.3. The largest absolute Gasteiger partial charge is 0.451 e. The van der Waals surface area contributed by atoms with E-state index in [9.17, 15) is 5.11 Å². The van der Waals surface area contributed by atoms with Gasteiger partial charge in [0, 0.05) is 42.2 Å². The molecule has 0 saturated carbocycles. The zero-order chi connectivity index (χ0) is 36.3. The summed E-state index contributed by atoms with van der Waals surface area (Å²) in [6, 6.07) is 3.46. The Kier molecular flexibility index (Phi) is 13.0. The Morgan fingerprint density at radius 3 is 2.10 bits per heavy atom. The van der Waals surface area contributed by atoms with Crippen molar-refractivity contribution >= 4 is 37.2 Å². The lowest BCUT2D eigenvalue weighted by Gasteiger charge is -2.14. The number of ether oxygens (including phenoxy) is 2. The van der Waals surface area contributed by atoms with Crippen LogP contribution in [0.25, 0.3) is 5.57 Å². The highest BCUT2D eigenvalue weighted by molar-refractivity contribution is 6.83. The molecule has 13 nitrogen and oxygen atoms in total. The number of aliphatic hydroxyl groups is 1. The fourth-order valence-electron chi connectivity index (χ4n) is 3.83. The molecule has 8 N–H and O–H groups in total. The molecule has 0 aliphatic carbocycles. The summed E-state index contributed by atoms with van der Waals surface area (Å²) in [5.41, 5.74) is 24.2. The number of aliphatic hydroxyl groups excluding tert-OH is 1. The monoisotopic (exact) mass is 680 g/mol. The standard InChI is InChI=1S/C18H21N5O2.C17H23N5OSi/c1-5-12-7-15(14(9-20-12)11(3)4)25-16-10-22-18(23-17(16)19)21-8-13(24)6-2;1-11(2)13-9-20-12(6-7-24(3,4)5)8-14(13)23-15-10-21-17(19)22-16(15)18/h1,7,9-10,13,24H,3,6,8H2,2,4H3,(H3,19,21,22,23);8-11H,1-5H3,(H4,18,19,21,22). The van der Waals surface area contributed by atoms with Gasteiger partial charge in [0.1, 0.15) is 31.0 Å². The Morgan fingerprint density at radius 2 is 1.53 bits per heavy atom. The molecule has 0 bridgehead atoms. The Balaban J connectivity index is 0.000000266. The van der Waals surface area contributed by atoms with Crippen molar-refractivity contribution in [1.82, 2.24) is 29.9 Å². The number of nitrogen functional groups attached to an aromatic ring is 3. The zero-order valence-electron chi connectivity index (χ0n) is 29.0. The molecule has 256 valence electrons. The molecule has 0 spiro atoms. The van der Waals surface area contributed by atoms with Crippen LogP contribution in [0.4, 0.5) is 23.5 Å². The van der Waals surface area contributed by atoms with Gasteiger partial charge in [-0.15, -0.1) is 12.0 Å². The van der Waals surface area contributed by atoms with E-state index >= 15 is 0 Å². The van der Waals surface area contributed by atoms with Crippen molar-refractivity contribution in [2.24, 2.45) is 0 Å². The number of aromatic nitrogens is 6. The third kappa shape index (κ3) is 11.5. The predicted octanol–water partition coefficient (Wildman–Crippen LogP) is 5.62. The van der Waals surface area contributed by atoms with Crippen molar-refractivity contribution in [3.63, 3.8) is 0 Å². The van der Waals surface area contributed by atoms with Crippen molar-refractivity contribution in [3.8, 4) is 46.8 Å². The molecule has 0 aliphatic rings. The highest BCUT2D eigenvalue weighted by Gasteiger charge is 2.15. The first-order valence-electron chi connectivity index (χ1n) is 15.5. The summed E-state index contributed by atoms with van der Waals surface area (Å²) in [6.07, 6.45) is 11.9. The maximum atomic E-state index is 9.57. The lowest BCUT2D eigenvalue weighted by molar-refractivity contribution is 0.183. The number of pyridine rings is 2. The van der Waals surface area contributed by atoms with E-state index in [4.69, 9.17) is 33.1 Å². The van der Waals surface area contributed by atoms with Crippen molar-refractivity contribution in [1.29, 1.82) is 0 Å². The minimum absolute atomic E-state index is 0.111. The second-order valence-corrected chi connectivity index (χ2v) is 17.1. The first kappa shape index (κ1) is 37.8. The molecule has 14 heteroatoms. The Labute approximate surface area is 288 Å². The minimum atomic E-state index is -1.48. The first-order chi connectivity index (χ1) is 23.1. The lowest BCUT2D eigenvalue weighted by atomic mass is 10.0. The van der Waals surface area contributed by atoms with E-state index in [1.54, 1.807) is 18.5 Å². The average molecular weight is 681 g/mol. The van der Waals surface area contributed by atoms with Crippen LogP contribution < -0.4 is 32.0 Å².